The van der Waals surface area contributed by atoms with Crippen molar-refractivity contribution in [3.63, 3.8) is 0 Å². The van der Waals surface area contributed by atoms with Crippen LogP contribution in [-0.2, 0) is 4.52 Å². The van der Waals surface area contributed by atoms with Crippen LogP contribution in [-0.4, -0.2) is 12.8 Å². The third kappa shape index (κ3) is 3.64. The van der Waals surface area contributed by atoms with Crippen LogP contribution in [0.5, 0.6) is 0 Å². The first kappa shape index (κ1) is 13.3. The normalized spacial score (nSPS) is 15.5. The fourth-order valence-electron chi connectivity index (χ4n) is 0.911. The van der Waals surface area contributed by atoms with Gasteiger partial charge in [-0.2, -0.15) is 0 Å². The van der Waals surface area contributed by atoms with Crippen LogP contribution in [0.4, 0.5) is 25.8 Å². The van der Waals surface area contributed by atoms with Gasteiger partial charge in [-0.15, -0.1) is 0 Å². The Bertz CT molecular complexity index is 354. The molecule has 0 heterocycles. The van der Waals surface area contributed by atoms with Gasteiger partial charge in [0.25, 0.3) is 0 Å². The molecule has 0 atom stereocenters. The molecule has 0 unspecified atom stereocenters. The third-order valence-corrected chi connectivity index (χ3v) is 3.24. The van der Waals surface area contributed by atoms with Crippen LogP contribution in [0.3, 0.4) is 0 Å². The van der Waals surface area contributed by atoms with E-state index in [1.54, 1.807) is 0 Å². The van der Waals surface area contributed by atoms with Crippen molar-refractivity contribution >= 4 is 13.1 Å². The summed E-state index contributed by atoms with van der Waals surface area (Å²) in [5, 5.41) is -1.15. The predicted octanol–water partition coefficient (Wildman–Crippen LogP) is 4.01. The second-order valence-corrected chi connectivity index (χ2v) is 5.23. The van der Waals surface area contributed by atoms with Gasteiger partial charge in [-0.25, -0.2) is 0 Å². The van der Waals surface area contributed by atoms with E-state index >= 15 is 0 Å². The molecule has 0 N–H and O–H groups in total. The summed E-state index contributed by atoms with van der Waals surface area (Å²) < 4.78 is 77.5. The van der Waals surface area contributed by atoms with E-state index in [-0.39, 0.29) is 0 Å². The van der Waals surface area contributed by atoms with Crippen LogP contribution in [0, 0.1) is 0 Å². The van der Waals surface area contributed by atoms with Gasteiger partial charge in [0.15, 0.2) is 0 Å². The molecule has 1 rings (SSSR count). The molecule has 0 aliphatic carbocycles. The Kier molecular flexibility index (Phi) is 3.22. The number of alkyl halides is 3. The molecular weight excluding hydrogens is 257 g/mol. The van der Waals surface area contributed by atoms with E-state index < -0.39 is 25.9 Å². The number of halogens is 6. The van der Waals surface area contributed by atoms with Gasteiger partial charge in [0.05, 0.1) is 0 Å². The summed E-state index contributed by atoms with van der Waals surface area (Å²) in [4.78, 5) is 0. The van der Waals surface area contributed by atoms with E-state index in [1.165, 1.54) is 6.07 Å². The van der Waals surface area contributed by atoms with Crippen LogP contribution in [0.1, 0.15) is 0 Å². The van der Waals surface area contributed by atoms with Crippen molar-refractivity contribution in [2.24, 2.45) is 0 Å². The van der Waals surface area contributed by atoms with Gasteiger partial charge in [-0.05, 0) is 0 Å². The molecule has 0 aliphatic rings. The molecule has 0 aliphatic heterocycles. The van der Waals surface area contributed by atoms with Gasteiger partial charge in [-0.1, -0.05) is 0 Å². The van der Waals surface area contributed by atoms with Crippen molar-refractivity contribution < 1.29 is 30.3 Å². The van der Waals surface area contributed by atoms with E-state index in [1.807, 2.05) is 0 Å². The summed E-state index contributed by atoms with van der Waals surface area (Å²) in [5.41, 5.74) is 0. The molecule has 1 nitrogen and oxygen atoms in total. The first-order valence-electron chi connectivity index (χ1n) is 4.03. The van der Waals surface area contributed by atoms with Crippen molar-refractivity contribution in [2.75, 3.05) is 6.61 Å². The molecule has 0 spiro atoms. The summed E-state index contributed by atoms with van der Waals surface area (Å²) in [7, 11) is -7.38. The van der Waals surface area contributed by atoms with Gasteiger partial charge in [0.1, 0.15) is 0 Å². The molecule has 8 heteroatoms. The average Bonchev–Trinajstić information content (AvgIpc) is 2.15. The molecule has 1 aromatic rings. The summed E-state index contributed by atoms with van der Waals surface area (Å²) in [6, 6.07) is 4.89. The van der Waals surface area contributed by atoms with Crippen LogP contribution in [0.2, 0.25) is 0 Å². The number of hydrogen-bond acceptors (Lipinski definition) is 1. The Hall–Kier alpha value is -0.810. The van der Waals surface area contributed by atoms with Crippen molar-refractivity contribution in [3.05, 3.63) is 30.3 Å². The van der Waals surface area contributed by atoms with Crippen molar-refractivity contribution in [1.82, 2.24) is 0 Å². The second kappa shape index (κ2) is 3.89. The summed E-state index contributed by atoms with van der Waals surface area (Å²) >= 11 is 0. The van der Waals surface area contributed by atoms with Crippen LogP contribution in [0.25, 0.3) is 0 Å². The number of rotatable bonds is 3. The molecule has 0 bridgehead atoms. The van der Waals surface area contributed by atoms with Gasteiger partial charge >= 0.3 is 86.5 Å². The molecular formula is C8H7F6OP. The number of hydrogen-bond donors (Lipinski definition) is 0. The average molecular weight is 264 g/mol. The topological polar surface area (TPSA) is 9.23 Å². The minimum atomic E-state index is -7.38. The van der Waals surface area contributed by atoms with Gasteiger partial charge in [-0.3, -0.25) is 0 Å². The Morgan fingerprint density at radius 1 is 1.00 bits per heavy atom. The van der Waals surface area contributed by atoms with Gasteiger partial charge in [0.2, 0.25) is 0 Å². The van der Waals surface area contributed by atoms with E-state index in [0.29, 0.717) is 12.1 Å². The van der Waals surface area contributed by atoms with E-state index in [9.17, 15) is 25.8 Å². The molecule has 92 valence electrons. The zero-order valence-electron chi connectivity index (χ0n) is 7.72. The standard InChI is InChI=1S/C8H7F6OP/c9-8(10,11)6-15-16(12,13,14)7-4-2-1-3-5-7/h1-5H,6H2. The van der Waals surface area contributed by atoms with Gasteiger partial charge < -0.3 is 0 Å². The second-order valence-electron chi connectivity index (χ2n) is 2.97. The van der Waals surface area contributed by atoms with E-state index in [2.05, 4.69) is 4.52 Å². The van der Waals surface area contributed by atoms with E-state index in [4.69, 9.17) is 0 Å². The fraction of sp³-hybridized carbons (Fsp3) is 0.250. The molecule has 0 aromatic heterocycles. The Balaban J connectivity index is 2.89. The van der Waals surface area contributed by atoms with Crippen LogP contribution >= 0.6 is 7.76 Å². The summed E-state index contributed by atoms with van der Waals surface area (Å²) in [6.07, 6.45) is -5.00. The molecule has 0 radical (unpaired) electrons. The molecule has 16 heavy (non-hydrogen) atoms. The maximum absolute atomic E-state index is 13.1. The first-order chi connectivity index (χ1) is 7.09. The SMILES string of the molecule is FC(F)(F)COP(F)(F)(F)c1ccccc1. The zero-order valence-corrected chi connectivity index (χ0v) is 8.61. The molecule has 0 fully saturated rings. The quantitative estimate of drug-likeness (QED) is 0.592. The van der Waals surface area contributed by atoms with Crippen molar-refractivity contribution in [2.45, 2.75) is 6.18 Å². The van der Waals surface area contributed by atoms with Crippen molar-refractivity contribution in [3.8, 4) is 0 Å². The zero-order chi connectivity index (χ0) is 12.5. The van der Waals surface area contributed by atoms with Crippen LogP contribution in [0.15, 0.2) is 30.3 Å². The van der Waals surface area contributed by atoms with E-state index in [0.717, 1.165) is 12.1 Å². The molecule has 0 amide bonds. The molecule has 1 aromatic carbocycles. The molecule has 0 saturated carbocycles. The Labute approximate surface area is 87.4 Å². The Morgan fingerprint density at radius 3 is 1.94 bits per heavy atom. The Morgan fingerprint density at radius 2 is 1.50 bits per heavy atom. The summed E-state index contributed by atoms with van der Waals surface area (Å²) in [6.45, 7) is -2.32. The first-order valence-corrected chi connectivity index (χ1v) is 5.86. The maximum atomic E-state index is 13.1. The predicted molar refractivity (Wildman–Crippen MR) is 48.3 cm³/mol. The van der Waals surface area contributed by atoms with Gasteiger partial charge in [0, 0.05) is 0 Å². The third-order valence-electron chi connectivity index (χ3n) is 1.59. The molecule has 0 saturated heterocycles. The van der Waals surface area contributed by atoms with Crippen LogP contribution < -0.4 is 5.30 Å². The minimum absolute atomic E-state index is 0.689. The monoisotopic (exact) mass is 264 g/mol. The van der Waals surface area contributed by atoms with Crippen molar-refractivity contribution in [1.29, 1.82) is 0 Å². The summed E-state index contributed by atoms with van der Waals surface area (Å²) in [5.74, 6) is 0. The number of benzene rings is 1. The fourth-order valence-corrected chi connectivity index (χ4v) is 2.05.